The minimum absolute atomic E-state index is 0.0468. The molecule has 4 rings (SSSR count). The average Bonchev–Trinajstić information content (AvgIpc) is 2.79. The Hall–Kier alpha value is -3.41. The van der Waals surface area contributed by atoms with Gasteiger partial charge in [-0.05, 0) is 42.7 Å². The fourth-order valence-electron chi connectivity index (χ4n) is 3.53. The maximum Gasteiger partial charge on any atom is 0.225 e. The third-order valence-corrected chi connectivity index (χ3v) is 5.01. The molecule has 6 heteroatoms. The van der Waals surface area contributed by atoms with E-state index < -0.39 is 0 Å². The van der Waals surface area contributed by atoms with Crippen LogP contribution >= 0.6 is 0 Å². The van der Waals surface area contributed by atoms with Gasteiger partial charge in [-0.1, -0.05) is 30.3 Å². The van der Waals surface area contributed by atoms with Crippen LogP contribution in [0.1, 0.15) is 18.4 Å². The number of nitrogens with zero attached hydrogens (tertiary/aromatic N) is 3. The maximum atomic E-state index is 12.7. The summed E-state index contributed by atoms with van der Waals surface area (Å²) < 4.78 is 5.87. The molecule has 0 saturated carbocycles. The Bertz CT molecular complexity index is 934. The van der Waals surface area contributed by atoms with Crippen LogP contribution in [0.25, 0.3) is 0 Å². The highest BCUT2D eigenvalue weighted by Gasteiger charge is 2.26. The van der Waals surface area contributed by atoms with Gasteiger partial charge in [-0.2, -0.15) is 0 Å². The van der Waals surface area contributed by atoms with Gasteiger partial charge in [-0.3, -0.25) is 9.78 Å². The lowest BCUT2D eigenvalue weighted by Gasteiger charge is -2.32. The number of carbonyl (C=O) groups excluding carboxylic acids is 1. The Kier molecular flexibility index (Phi) is 6.00. The van der Waals surface area contributed by atoms with Crippen LogP contribution in [0.3, 0.4) is 0 Å². The topological polar surface area (TPSA) is 67.3 Å². The van der Waals surface area contributed by atoms with E-state index in [0.717, 1.165) is 42.3 Å². The Morgan fingerprint density at radius 2 is 1.97 bits per heavy atom. The summed E-state index contributed by atoms with van der Waals surface area (Å²) in [6.07, 6.45) is 6.95. The molecule has 0 unspecified atom stereocenters. The lowest BCUT2D eigenvalue weighted by atomic mass is 9.97. The molecule has 1 aromatic heterocycles. The molecule has 1 aliphatic rings. The first-order chi connectivity index (χ1) is 14.3. The molecular weight excluding hydrogens is 364 g/mol. The van der Waals surface area contributed by atoms with Crippen molar-refractivity contribution in [3.05, 3.63) is 78.8 Å². The number of benzene rings is 2. The van der Waals surface area contributed by atoms with Crippen LogP contribution in [-0.2, 0) is 11.3 Å². The second-order valence-electron chi connectivity index (χ2n) is 7.13. The molecule has 29 heavy (non-hydrogen) atoms. The van der Waals surface area contributed by atoms with Crippen LogP contribution in [0.5, 0.6) is 11.5 Å². The van der Waals surface area contributed by atoms with E-state index in [1.165, 1.54) is 0 Å². The Labute approximate surface area is 170 Å². The smallest absolute Gasteiger partial charge is 0.225 e. The lowest BCUT2D eigenvalue weighted by molar-refractivity contribution is -0.125. The number of ether oxygens (including phenoxy) is 1. The number of nitrogens with one attached hydrogen (secondary N) is 1. The van der Waals surface area contributed by atoms with Gasteiger partial charge < -0.3 is 15.0 Å². The van der Waals surface area contributed by atoms with Crippen molar-refractivity contribution >= 4 is 11.7 Å². The van der Waals surface area contributed by atoms with Gasteiger partial charge in [-0.25, -0.2) is 4.98 Å². The molecule has 1 N–H and O–H groups in total. The fourth-order valence-corrected chi connectivity index (χ4v) is 3.53. The molecule has 1 atom stereocenters. The minimum Gasteiger partial charge on any atom is -0.457 e. The van der Waals surface area contributed by atoms with Crippen molar-refractivity contribution in [1.82, 2.24) is 15.3 Å². The molecule has 1 saturated heterocycles. The zero-order chi connectivity index (χ0) is 19.9. The Morgan fingerprint density at radius 3 is 2.79 bits per heavy atom. The van der Waals surface area contributed by atoms with Crippen LogP contribution in [0, 0.1) is 5.92 Å². The van der Waals surface area contributed by atoms with Gasteiger partial charge in [0, 0.05) is 32.0 Å². The number of hydrogen-bond donors (Lipinski definition) is 1. The number of aromatic nitrogens is 2. The van der Waals surface area contributed by atoms with Crippen LogP contribution < -0.4 is 15.0 Å². The highest BCUT2D eigenvalue weighted by Crippen LogP contribution is 2.23. The summed E-state index contributed by atoms with van der Waals surface area (Å²) in [5.74, 6) is 2.41. The first-order valence-electron chi connectivity index (χ1n) is 9.88. The number of piperidine rings is 1. The van der Waals surface area contributed by atoms with Crippen molar-refractivity contribution in [2.45, 2.75) is 19.4 Å². The first-order valence-corrected chi connectivity index (χ1v) is 9.88. The van der Waals surface area contributed by atoms with E-state index in [-0.39, 0.29) is 11.8 Å². The predicted octanol–water partition coefficient (Wildman–Crippen LogP) is 3.80. The second kappa shape index (κ2) is 9.19. The molecular formula is C23H24N4O2. The standard InChI is InChI=1S/C23H24N4O2/c28-23(19-7-5-13-27(17-19)22-16-24-11-12-25-22)26-15-18-6-4-10-21(14-18)29-20-8-2-1-3-9-20/h1-4,6,8-12,14,16,19H,5,7,13,15,17H2,(H,26,28)/t19-/m0/s1. The van der Waals surface area contributed by atoms with Crippen molar-refractivity contribution in [3.63, 3.8) is 0 Å². The Balaban J connectivity index is 1.33. The number of carbonyl (C=O) groups is 1. The van der Waals surface area contributed by atoms with Gasteiger partial charge in [-0.15, -0.1) is 0 Å². The van der Waals surface area contributed by atoms with Crippen LogP contribution in [-0.4, -0.2) is 29.0 Å². The largest absolute Gasteiger partial charge is 0.457 e. The Morgan fingerprint density at radius 1 is 1.10 bits per heavy atom. The molecule has 2 aromatic carbocycles. The van der Waals surface area contributed by atoms with E-state index in [1.54, 1.807) is 18.6 Å². The van der Waals surface area contributed by atoms with Crippen molar-refractivity contribution in [3.8, 4) is 11.5 Å². The first kappa shape index (κ1) is 18.9. The molecule has 0 bridgehead atoms. The number of para-hydroxylation sites is 1. The number of amides is 1. The lowest BCUT2D eigenvalue weighted by Crippen LogP contribution is -2.43. The zero-order valence-corrected chi connectivity index (χ0v) is 16.2. The van der Waals surface area contributed by atoms with Crippen molar-refractivity contribution < 1.29 is 9.53 Å². The van der Waals surface area contributed by atoms with Crippen LogP contribution in [0.2, 0.25) is 0 Å². The molecule has 1 aliphatic heterocycles. The van der Waals surface area contributed by atoms with E-state index in [2.05, 4.69) is 20.2 Å². The van der Waals surface area contributed by atoms with E-state index in [1.807, 2.05) is 54.6 Å². The monoisotopic (exact) mass is 388 g/mol. The summed E-state index contributed by atoms with van der Waals surface area (Å²) in [7, 11) is 0. The zero-order valence-electron chi connectivity index (χ0n) is 16.2. The van der Waals surface area contributed by atoms with Crippen molar-refractivity contribution in [2.24, 2.45) is 5.92 Å². The van der Waals surface area contributed by atoms with Gasteiger partial charge in [0.1, 0.15) is 17.3 Å². The van der Waals surface area contributed by atoms with Crippen molar-refractivity contribution in [2.75, 3.05) is 18.0 Å². The molecule has 1 fully saturated rings. The molecule has 0 spiro atoms. The second-order valence-corrected chi connectivity index (χ2v) is 7.13. The summed E-state index contributed by atoms with van der Waals surface area (Å²) in [6.45, 7) is 2.05. The maximum absolute atomic E-state index is 12.7. The third kappa shape index (κ3) is 5.10. The number of rotatable bonds is 6. The van der Waals surface area contributed by atoms with Gasteiger partial charge in [0.2, 0.25) is 5.91 Å². The van der Waals surface area contributed by atoms with Crippen molar-refractivity contribution in [1.29, 1.82) is 0 Å². The highest BCUT2D eigenvalue weighted by atomic mass is 16.5. The quantitative estimate of drug-likeness (QED) is 0.696. The van der Waals surface area contributed by atoms with E-state index in [0.29, 0.717) is 13.1 Å². The van der Waals surface area contributed by atoms with Gasteiger partial charge in [0.15, 0.2) is 0 Å². The van der Waals surface area contributed by atoms with E-state index in [9.17, 15) is 4.79 Å². The van der Waals surface area contributed by atoms with Gasteiger partial charge in [0.05, 0.1) is 12.1 Å². The molecule has 2 heterocycles. The number of hydrogen-bond acceptors (Lipinski definition) is 5. The summed E-state index contributed by atoms with van der Waals surface area (Å²) in [6, 6.07) is 17.5. The summed E-state index contributed by atoms with van der Waals surface area (Å²) >= 11 is 0. The molecule has 1 amide bonds. The number of anilines is 1. The minimum atomic E-state index is -0.0468. The van der Waals surface area contributed by atoms with E-state index in [4.69, 9.17) is 4.74 Å². The van der Waals surface area contributed by atoms with E-state index >= 15 is 0 Å². The molecule has 148 valence electrons. The summed E-state index contributed by atoms with van der Waals surface area (Å²) in [5, 5.41) is 3.07. The fraction of sp³-hybridized carbons (Fsp3) is 0.261. The van der Waals surface area contributed by atoms with Gasteiger partial charge in [0.25, 0.3) is 0 Å². The van der Waals surface area contributed by atoms with Crippen LogP contribution in [0.15, 0.2) is 73.2 Å². The molecule has 3 aromatic rings. The predicted molar refractivity (Wildman–Crippen MR) is 112 cm³/mol. The van der Waals surface area contributed by atoms with Crippen LogP contribution in [0.4, 0.5) is 5.82 Å². The average molecular weight is 388 g/mol. The highest BCUT2D eigenvalue weighted by molar-refractivity contribution is 5.79. The summed E-state index contributed by atoms with van der Waals surface area (Å²) in [4.78, 5) is 23.3. The molecule has 6 nitrogen and oxygen atoms in total. The van der Waals surface area contributed by atoms with Gasteiger partial charge >= 0.3 is 0 Å². The third-order valence-electron chi connectivity index (χ3n) is 5.01. The summed E-state index contributed by atoms with van der Waals surface area (Å²) in [5.41, 5.74) is 1.01. The SMILES string of the molecule is O=C(NCc1cccc(Oc2ccccc2)c1)[C@H]1CCCN(c2cnccn2)C1. The molecule has 0 radical (unpaired) electrons. The normalized spacial score (nSPS) is 16.3. The molecule has 0 aliphatic carbocycles.